The molecule has 1 aliphatic rings. The molecule has 2 atom stereocenters. The third kappa shape index (κ3) is 4.11. The predicted molar refractivity (Wildman–Crippen MR) is 109 cm³/mol. The lowest BCUT2D eigenvalue weighted by atomic mass is 9.72. The van der Waals surface area contributed by atoms with Gasteiger partial charge in [-0.15, -0.1) is 0 Å². The highest BCUT2D eigenvalue weighted by Gasteiger charge is 2.46. The Bertz CT molecular complexity index is 909. The van der Waals surface area contributed by atoms with Crippen molar-refractivity contribution in [2.75, 3.05) is 0 Å². The summed E-state index contributed by atoms with van der Waals surface area (Å²) in [4.78, 5) is 40.9. The maximum atomic E-state index is 12.6. The highest BCUT2D eigenvalue weighted by molar-refractivity contribution is 6.09. The fraction of sp³-hybridized carbons (Fsp3) is 0.417. The normalized spacial score (nSPS) is 20.4. The Kier molecular flexibility index (Phi) is 5.59. The number of carbonyl (C=O) groups excluding carboxylic acids is 3. The first-order valence-electron chi connectivity index (χ1n) is 9.81. The number of nitrogens with zero attached hydrogens (tertiary/aromatic N) is 1. The van der Waals surface area contributed by atoms with Crippen molar-refractivity contribution in [3.8, 4) is 0 Å². The average Bonchev–Trinajstić information content (AvgIpc) is 2.91. The summed E-state index contributed by atoms with van der Waals surface area (Å²) in [5.74, 6) is 0.0869. The molecule has 3 rings (SSSR count). The van der Waals surface area contributed by atoms with Crippen molar-refractivity contribution in [3.63, 3.8) is 0 Å². The van der Waals surface area contributed by atoms with Crippen LogP contribution >= 0.6 is 0 Å². The summed E-state index contributed by atoms with van der Waals surface area (Å²) in [5.41, 5.74) is 4.09. The van der Waals surface area contributed by atoms with Crippen LogP contribution in [0.1, 0.15) is 71.9 Å². The van der Waals surface area contributed by atoms with Crippen molar-refractivity contribution in [3.05, 3.63) is 64.5 Å². The van der Waals surface area contributed by atoms with Gasteiger partial charge in [0.2, 0.25) is 0 Å². The van der Waals surface area contributed by atoms with Crippen LogP contribution in [0.4, 0.5) is 0 Å². The van der Waals surface area contributed by atoms with Gasteiger partial charge >= 0.3 is 0 Å². The van der Waals surface area contributed by atoms with Gasteiger partial charge in [-0.25, -0.2) is 0 Å². The minimum Gasteiger partial charge on any atom is -0.299 e. The summed E-state index contributed by atoms with van der Waals surface area (Å²) in [6, 6.07) is 11.5. The number of rotatable bonds is 6. The number of benzene rings is 1. The lowest BCUT2D eigenvalue weighted by molar-refractivity contribution is -0.126. The molecule has 2 aromatic rings. The van der Waals surface area contributed by atoms with Crippen LogP contribution in [-0.4, -0.2) is 22.3 Å². The lowest BCUT2D eigenvalue weighted by Crippen LogP contribution is -2.28. The molecule has 4 nitrogen and oxygen atoms in total. The van der Waals surface area contributed by atoms with Gasteiger partial charge in [0, 0.05) is 35.2 Å². The molecule has 0 bridgehead atoms. The molecule has 0 radical (unpaired) electrons. The first-order valence-corrected chi connectivity index (χ1v) is 9.81. The molecule has 0 saturated heterocycles. The Hall–Kier alpha value is -2.62. The van der Waals surface area contributed by atoms with Crippen molar-refractivity contribution in [1.29, 1.82) is 0 Å². The summed E-state index contributed by atoms with van der Waals surface area (Å²) in [6.45, 7) is 7.78. The zero-order chi connectivity index (χ0) is 20.5. The number of hydrogen-bond acceptors (Lipinski definition) is 4. The maximum Gasteiger partial charge on any atom is 0.163 e. The van der Waals surface area contributed by atoms with E-state index in [1.54, 1.807) is 0 Å². The van der Waals surface area contributed by atoms with E-state index in [9.17, 15) is 14.4 Å². The Labute approximate surface area is 166 Å². The van der Waals surface area contributed by atoms with E-state index >= 15 is 0 Å². The van der Waals surface area contributed by atoms with Gasteiger partial charge in [0.05, 0.1) is 6.42 Å². The maximum absolute atomic E-state index is 12.6. The Morgan fingerprint density at radius 3 is 2.25 bits per heavy atom. The van der Waals surface area contributed by atoms with Gasteiger partial charge in [-0.1, -0.05) is 38.1 Å². The number of Topliss-reactive ketones (excluding diaryl/α,β-unsaturated/α-hetero) is 3. The van der Waals surface area contributed by atoms with Gasteiger partial charge in [-0.05, 0) is 49.4 Å². The monoisotopic (exact) mass is 377 g/mol. The van der Waals surface area contributed by atoms with E-state index in [2.05, 4.69) is 4.98 Å². The number of aryl methyl sites for hydroxylation is 3. The average molecular weight is 377 g/mol. The van der Waals surface area contributed by atoms with Crippen LogP contribution < -0.4 is 0 Å². The van der Waals surface area contributed by atoms with Crippen LogP contribution in [0.15, 0.2) is 36.4 Å². The Morgan fingerprint density at radius 2 is 1.71 bits per heavy atom. The standard InChI is InChI=1S/C24H27NO3/c1-15-11-18(12-16(2)25-15)5-10-22(27)20-8-6-19(7-9-20)17(3)24(4)14-21(26)13-23(24)28/h6-9,11-12,17H,5,10,13-14H2,1-4H3/t17-,24?/m1/s1. The van der Waals surface area contributed by atoms with Gasteiger partial charge < -0.3 is 0 Å². The van der Waals surface area contributed by atoms with Crippen molar-refractivity contribution in [1.82, 2.24) is 4.98 Å². The Morgan fingerprint density at radius 1 is 1.11 bits per heavy atom. The largest absolute Gasteiger partial charge is 0.299 e. The minimum atomic E-state index is -0.639. The molecule has 1 saturated carbocycles. The minimum absolute atomic E-state index is 0.0210. The summed E-state index contributed by atoms with van der Waals surface area (Å²) >= 11 is 0. The van der Waals surface area contributed by atoms with Gasteiger partial charge in [-0.3, -0.25) is 19.4 Å². The molecular formula is C24H27NO3. The molecule has 1 aromatic carbocycles. The predicted octanol–water partition coefficient (Wildman–Crippen LogP) is 4.56. The molecular weight excluding hydrogens is 350 g/mol. The van der Waals surface area contributed by atoms with E-state index in [1.165, 1.54) is 0 Å². The first kappa shape index (κ1) is 20.1. The molecule has 0 spiro atoms. The topological polar surface area (TPSA) is 64.1 Å². The summed E-state index contributed by atoms with van der Waals surface area (Å²) < 4.78 is 0. The second kappa shape index (κ2) is 7.78. The SMILES string of the molecule is Cc1cc(CCC(=O)c2ccc([C@@H](C)C3(C)CC(=O)CC3=O)cc2)cc(C)n1. The van der Waals surface area contributed by atoms with Gasteiger partial charge in [0.15, 0.2) is 5.78 Å². The lowest BCUT2D eigenvalue weighted by Gasteiger charge is -2.29. The first-order chi connectivity index (χ1) is 13.2. The van der Waals surface area contributed by atoms with Crippen LogP contribution in [0.5, 0.6) is 0 Å². The summed E-state index contributed by atoms with van der Waals surface area (Å²) in [6.07, 6.45) is 1.49. The van der Waals surface area contributed by atoms with E-state index in [0.29, 0.717) is 24.8 Å². The fourth-order valence-electron chi connectivity index (χ4n) is 4.14. The number of ketones is 3. The highest BCUT2D eigenvalue weighted by atomic mass is 16.2. The third-order valence-corrected chi connectivity index (χ3v) is 6.03. The Balaban J connectivity index is 1.67. The molecule has 1 heterocycles. The second-order valence-electron chi connectivity index (χ2n) is 8.26. The summed E-state index contributed by atoms with van der Waals surface area (Å²) in [7, 11) is 0. The van der Waals surface area contributed by atoms with Crippen LogP contribution in [0.2, 0.25) is 0 Å². The fourth-order valence-corrected chi connectivity index (χ4v) is 4.14. The third-order valence-electron chi connectivity index (χ3n) is 6.03. The highest BCUT2D eigenvalue weighted by Crippen LogP contribution is 2.44. The molecule has 0 amide bonds. The molecule has 1 aromatic heterocycles. The molecule has 0 aliphatic heterocycles. The van der Waals surface area contributed by atoms with E-state index in [4.69, 9.17) is 0 Å². The number of pyridine rings is 1. The number of carbonyl (C=O) groups is 3. The van der Waals surface area contributed by atoms with Crippen LogP contribution in [0.25, 0.3) is 0 Å². The molecule has 1 unspecified atom stereocenters. The molecule has 1 aliphatic carbocycles. The quantitative estimate of drug-likeness (QED) is 0.547. The van der Waals surface area contributed by atoms with Crippen molar-refractivity contribution in [2.24, 2.45) is 5.41 Å². The second-order valence-corrected chi connectivity index (χ2v) is 8.26. The molecule has 146 valence electrons. The smallest absolute Gasteiger partial charge is 0.163 e. The molecule has 4 heteroatoms. The molecule has 28 heavy (non-hydrogen) atoms. The van der Waals surface area contributed by atoms with Gasteiger partial charge in [-0.2, -0.15) is 0 Å². The van der Waals surface area contributed by atoms with E-state index in [0.717, 1.165) is 22.5 Å². The van der Waals surface area contributed by atoms with E-state index in [1.807, 2.05) is 64.1 Å². The zero-order valence-electron chi connectivity index (χ0n) is 17.0. The van der Waals surface area contributed by atoms with Gasteiger partial charge in [0.1, 0.15) is 11.6 Å². The van der Waals surface area contributed by atoms with Crippen molar-refractivity contribution < 1.29 is 14.4 Å². The molecule has 0 N–H and O–H groups in total. The van der Waals surface area contributed by atoms with Crippen molar-refractivity contribution in [2.45, 2.75) is 59.3 Å². The van der Waals surface area contributed by atoms with E-state index < -0.39 is 5.41 Å². The van der Waals surface area contributed by atoms with E-state index in [-0.39, 0.29) is 29.7 Å². The van der Waals surface area contributed by atoms with Crippen LogP contribution in [0, 0.1) is 19.3 Å². The van der Waals surface area contributed by atoms with Crippen molar-refractivity contribution >= 4 is 17.3 Å². The number of aromatic nitrogens is 1. The van der Waals surface area contributed by atoms with Crippen LogP contribution in [-0.2, 0) is 16.0 Å². The van der Waals surface area contributed by atoms with Gasteiger partial charge in [0.25, 0.3) is 0 Å². The summed E-state index contributed by atoms with van der Waals surface area (Å²) in [5, 5.41) is 0. The number of hydrogen-bond donors (Lipinski definition) is 0. The zero-order valence-corrected chi connectivity index (χ0v) is 17.0. The molecule has 1 fully saturated rings. The van der Waals surface area contributed by atoms with Crippen LogP contribution in [0.3, 0.4) is 0 Å².